The number of aryl methyl sites for hydroxylation is 1. The average Bonchev–Trinajstić information content (AvgIpc) is 2.52. The lowest BCUT2D eigenvalue weighted by molar-refractivity contribution is 0.272. The van der Waals surface area contributed by atoms with Crippen molar-refractivity contribution in [1.82, 2.24) is 15.0 Å². The molecule has 0 aromatic carbocycles. The number of hydrogen-bond acceptors (Lipinski definition) is 5. The van der Waals surface area contributed by atoms with Gasteiger partial charge in [-0.3, -0.25) is 0 Å². The molecule has 7 heteroatoms. The minimum atomic E-state index is -1.81. The lowest BCUT2D eigenvalue weighted by Gasteiger charge is -2.36. The summed E-state index contributed by atoms with van der Waals surface area (Å²) in [6, 6.07) is 5.89. The van der Waals surface area contributed by atoms with Crippen LogP contribution in [0.25, 0.3) is 0 Å². The van der Waals surface area contributed by atoms with Gasteiger partial charge in [-0.2, -0.15) is 0 Å². The van der Waals surface area contributed by atoms with Crippen molar-refractivity contribution in [2.75, 3.05) is 11.9 Å². The third-order valence-corrected chi connectivity index (χ3v) is 9.45. The molecule has 0 N–H and O–H groups in total. The first-order valence-electron chi connectivity index (χ1n) is 8.34. The Morgan fingerprint density at radius 3 is 2.44 bits per heavy atom. The van der Waals surface area contributed by atoms with Crippen LogP contribution in [0, 0.1) is 6.92 Å². The Morgan fingerprint density at radius 1 is 1.16 bits per heavy atom. The van der Waals surface area contributed by atoms with E-state index >= 15 is 0 Å². The van der Waals surface area contributed by atoms with Crippen molar-refractivity contribution in [1.29, 1.82) is 0 Å². The maximum atomic E-state index is 6.29. The van der Waals surface area contributed by atoms with E-state index in [-0.39, 0.29) is 10.3 Å². The first-order valence-corrected chi connectivity index (χ1v) is 11.6. The minimum absolute atomic E-state index is 0.176. The largest absolute Gasteiger partial charge is 0.411 e. The molecule has 0 bridgehead atoms. The molecule has 2 aromatic heterocycles. The van der Waals surface area contributed by atoms with Crippen molar-refractivity contribution >= 4 is 31.6 Å². The van der Waals surface area contributed by atoms with Crippen molar-refractivity contribution < 1.29 is 4.43 Å². The maximum Gasteiger partial charge on any atom is 0.224 e. The van der Waals surface area contributed by atoms with Gasteiger partial charge in [0, 0.05) is 13.2 Å². The topological polar surface area (TPSA) is 51.1 Å². The zero-order valence-corrected chi connectivity index (χ0v) is 17.8. The fourth-order valence-corrected chi connectivity index (χ4v) is 3.15. The van der Waals surface area contributed by atoms with Crippen LogP contribution in [0.4, 0.5) is 11.6 Å². The summed E-state index contributed by atoms with van der Waals surface area (Å²) in [4.78, 5) is 14.9. The summed E-state index contributed by atoms with van der Waals surface area (Å²) in [6.45, 7) is 13.7. The van der Waals surface area contributed by atoms with E-state index in [9.17, 15) is 0 Å². The van der Waals surface area contributed by atoms with Gasteiger partial charge >= 0.3 is 0 Å². The highest BCUT2D eigenvalue weighted by atomic mass is 35.5. The molecule has 5 nitrogen and oxygen atoms in total. The third-order valence-electron chi connectivity index (χ3n) is 4.79. The molecule has 2 aromatic rings. The lowest BCUT2D eigenvalue weighted by atomic mass is 10.2. The molecule has 0 atom stereocenters. The number of rotatable bonds is 5. The summed E-state index contributed by atoms with van der Waals surface area (Å²) in [5, 5.41) is 0.397. The van der Waals surface area contributed by atoms with Crippen LogP contribution in [0.15, 0.2) is 24.4 Å². The quantitative estimate of drug-likeness (QED) is 0.533. The first-order chi connectivity index (χ1) is 11.5. The van der Waals surface area contributed by atoms with E-state index in [1.165, 1.54) is 0 Å². The molecule has 0 spiro atoms. The van der Waals surface area contributed by atoms with Crippen molar-refractivity contribution in [3.8, 4) is 0 Å². The van der Waals surface area contributed by atoms with Crippen LogP contribution in [0.3, 0.4) is 0 Å². The van der Waals surface area contributed by atoms with Gasteiger partial charge in [0.2, 0.25) is 5.28 Å². The van der Waals surface area contributed by atoms with Crippen LogP contribution in [0.1, 0.15) is 32.0 Å². The van der Waals surface area contributed by atoms with Crippen LogP contribution >= 0.6 is 11.6 Å². The van der Waals surface area contributed by atoms with Gasteiger partial charge in [-0.1, -0.05) is 26.8 Å². The van der Waals surface area contributed by atoms with Gasteiger partial charge in [-0.15, -0.1) is 0 Å². The molecule has 2 rings (SSSR count). The van der Waals surface area contributed by atoms with Gasteiger partial charge in [0.25, 0.3) is 0 Å². The molecule has 136 valence electrons. The molecule has 25 heavy (non-hydrogen) atoms. The zero-order valence-electron chi connectivity index (χ0n) is 16.1. The summed E-state index contributed by atoms with van der Waals surface area (Å²) in [5.41, 5.74) is 1.98. The van der Waals surface area contributed by atoms with Crippen molar-refractivity contribution in [2.24, 2.45) is 0 Å². The molecule has 0 fully saturated rings. The standard InChI is InChI=1S/C18H27ClN4OSi/c1-13-8-9-14(12-24-25(6,7)18(2,3)4)21-16(13)23(5)15-10-11-20-17(19)22-15/h8-11H,12H2,1-7H3. The molecule has 2 heterocycles. The molecule has 0 aliphatic carbocycles. The van der Waals surface area contributed by atoms with E-state index in [1.807, 2.05) is 31.0 Å². The summed E-state index contributed by atoms with van der Waals surface area (Å²) in [7, 11) is 0.114. The Balaban J connectivity index is 2.23. The van der Waals surface area contributed by atoms with Crippen molar-refractivity contribution in [3.05, 3.63) is 40.9 Å². The van der Waals surface area contributed by atoms with Crippen LogP contribution in [0.5, 0.6) is 0 Å². The second-order valence-corrected chi connectivity index (χ2v) is 12.9. The van der Waals surface area contributed by atoms with Gasteiger partial charge in [0.1, 0.15) is 11.6 Å². The Labute approximate surface area is 156 Å². The fourth-order valence-electron chi connectivity index (χ4n) is 2.07. The highest BCUT2D eigenvalue weighted by Gasteiger charge is 2.37. The highest BCUT2D eigenvalue weighted by Crippen LogP contribution is 2.37. The van der Waals surface area contributed by atoms with E-state index in [0.29, 0.717) is 12.4 Å². The fraction of sp³-hybridized carbons (Fsp3) is 0.500. The van der Waals surface area contributed by atoms with Gasteiger partial charge in [-0.05, 0) is 54.4 Å². The number of nitrogens with zero attached hydrogens (tertiary/aromatic N) is 4. The van der Waals surface area contributed by atoms with Crippen LogP contribution < -0.4 is 4.90 Å². The van der Waals surface area contributed by atoms with E-state index < -0.39 is 8.32 Å². The average molecular weight is 379 g/mol. The van der Waals surface area contributed by atoms with Gasteiger partial charge < -0.3 is 9.33 Å². The summed E-state index contributed by atoms with van der Waals surface area (Å²) in [6.07, 6.45) is 1.64. The van der Waals surface area contributed by atoms with E-state index in [2.05, 4.69) is 49.9 Å². The molecular weight excluding hydrogens is 352 g/mol. The van der Waals surface area contributed by atoms with Crippen LogP contribution in [-0.2, 0) is 11.0 Å². The molecule has 0 amide bonds. The molecular formula is C18H27ClN4OSi. The molecule has 0 saturated heterocycles. The van der Waals surface area contributed by atoms with E-state index in [1.54, 1.807) is 6.20 Å². The van der Waals surface area contributed by atoms with E-state index in [4.69, 9.17) is 21.0 Å². The molecule has 0 radical (unpaired) electrons. The number of halogens is 1. The number of pyridine rings is 1. The monoisotopic (exact) mass is 378 g/mol. The van der Waals surface area contributed by atoms with Crippen LogP contribution in [0.2, 0.25) is 23.4 Å². The number of aromatic nitrogens is 3. The van der Waals surface area contributed by atoms with Crippen molar-refractivity contribution in [3.63, 3.8) is 0 Å². The smallest absolute Gasteiger partial charge is 0.224 e. The normalized spacial score (nSPS) is 12.3. The zero-order chi connectivity index (χ0) is 18.8. The van der Waals surface area contributed by atoms with Gasteiger partial charge in [-0.25, -0.2) is 15.0 Å². The molecule has 0 unspecified atom stereocenters. The number of anilines is 2. The number of hydrogen-bond donors (Lipinski definition) is 0. The summed E-state index contributed by atoms with van der Waals surface area (Å²) >= 11 is 5.91. The Hall–Kier alpha value is -1.50. The Morgan fingerprint density at radius 2 is 1.84 bits per heavy atom. The van der Waals surface area contributed by atoms with Gasteiger partial charge in [0.15, 0.2) is 8.32 Å². The highest BCUT2D eigenvalue weighted by molar-refractivity contribution is 6.74. The van der Waals surface area contributed by atoms with Crippen molar-refractivity contribution in [2.45, 2.75) is 52.4 Å². The second-order valence-electron chi connectivity index (χ2n) is 7.73. The van der Waals surface area contributed by atoms with Gasteiger partial charge in [0.05, 0.1) is 12.3 Å². The summed E-state index contributed by atoms with van der Waals surface area (Å²) in [5.74, 6) is 1.55. The minimum Gasteiger partial charge on any atom is -0.411 e. The SMILES string of the molecule is Cc1ccc(CO[Si](C)(C)C(C)(C)C)nc1N(C)c1ccnc(Cl)n1. The molecule has 0 aliphatic rings. The lowest BCUT2D eigenvalue weighted by Crippen LogP contribution is -2.40. The first kappa shape index (κ1) is 19.8. The Kier molecular flexibility index (Phi) is 5.86. The summed E-state index contributed by atoms with van der Waals surface area (Å²) < 4.78 is 6.29. The van der Waals surface area contributed by atoms with E-state index in [0.717, 1.165) is 17.1 Å². The predicted molar refractivity (Wildman–Crippen MR) is 106 cm³/mol. The molecule has 0 saturated carbocycles. The van der Waals surface area contributed by atoms with Crippen LogP contribution in [-0.4, -0.2) is 30.3 Å². The third kappa shape index (κ3) is 4.77. The Bertz CT molecular complexity index is 746. The second kappa shape index (κ2) is 7.39. The maximum absolute atomic E-state index is 6.29. The predicted octanol–water partition coefficient (Wildman–Crippen LogP) is 5.12. The molecule has 0 aliphatic heterocycles.